The van der Waals surface area contributed by atoms with Crippen LogP contribution in [0.2, 0.25) is 0 Å². The van der Waals surface area contributed by atoms with Gasteiger partial charge in [-0.15, -0.1) is 24.8 Å². The van der Waals surface area contributed by atoms with Crippen LogP contribution in [0.15, 0.2) is 0 Å². The second-order valence-corrected chi connectivity index (χ2v) is 3.67. The summed E-state index contributed by atoms with van der Waals surface area (Å²) >= 11 is 0. The minimum atomic E-state index is 0. The van der Waals surface area contributed by atoms with Crippen molar-refractivity contribution in [3.8, 4) is 0 Å². The van der Waals surface area contributed by atoms with Crippen molar-refractivity contribution in [2.45, 2.75) is 32.4 Å². The first-order valence-electron chi connectivity index (χ1n) is 4.07. The fraction of sp³-hybridized carbons (Fsp3) is 1.00. The van der Waals surface area contributed by atoms with E-state index < -0.39 is 0 Å². The van der Waals surface area contributed by atoms with Gasteiger partial charge < -0.3 is 10.6 Å². The predicted octanol–water partition coefficient (Wildman–Crippen LogP) is 1.52. The minimum absolute atomic E-state index is 0. The molecule has 76 valence electrons. The predicted molar refractivity (Wildman–Crippen MR) is 58.3 cm³/mol. The normalized spacial score (nSPS) is 36.5. The van der Waals surface area contributed by atoms with Gasteiger partial charge in [-0.1, -0.05) is 6.92 Å². The summed E-state index contributed by atoms with van der Waals surface area (Å²) in [5, 5.41) is 0. The van der Waals surface area contributed by atoms with Crippen LogP contribution in [-0.2, 0) is 0 Å². The highest BCUT2D eigenvalue weighted by Crippen LogP contribution is 2.18. The topological polar surface area (TPSA) is 29.3 Å². The third kappa shape index (κ3) is 3.48. The van der Waals surface area contributed by atoms with Gasteiger partial charge in [0.1, 0.15) is 0 Å². The molecule has 1 rings (SSSR count). The second-order valence-electron chi connectivity index (χ2n) is 3.67. The zero-order valence-corrected chi connectivity index (χ0v) is 9.62. The van der Waals surface area contributed by atoms with Gasteiger partial charge in [0.05, 0.1) is 0 Å². The monoisotopic (exact) mass is 214 g/mol. The molecule has 4 heteroatoms. The van der Waals surface area contributed by atoms with Crippen molar-refractivity contribution in [2.75, 3.05) is 13.6 Å². The van der Waals surface area contributed by atoms with Gasteiger partial charge in [0.25, 0.3) is 0 Å². The molecule has 1 saturated heterocycles. The maximum Gasteiger partial charge on any atom is 0.00915 e. The lowest BCUT2D eigenvalue weighted by Crippen LogP contribution is -2.48. The molecule has 0 radical (unpaired) electrons. The number of piperidine rings is 1. The summed E-state index contributed by atoms with van der Waals surface area (Å²) in [7, 11) is 2.17. The van der Waals surface area contributed by atoms with Gasteiger partial charge in [0.15, 0.2) is 0 Å². The van der Waals surface area contributed by atoms with Crippen LogP contribution in [0.1, 0.15) is 20.3 Å². The smallest absolute Gasteiger partial charge is 0.00915 e. The molecule has 1 aliphatic heterocycles. The summed E-state index contributed by atoms with van der Waals surface area (Å²) < 4.78 is 0. The Balaban J connectivity index is 0. The molecular weight excluding hydrogens is 195 g/mol. The first-order chi connectivity index (χ1) is 4.61. The fourth-order valence-electron chi connectivity index (χ4n) is 1.58. The minimum Gasteiger partial charge on any atom is -0.327 e. The zero-order valence-electron chi connectivity index (χ0n) is 7.99. The molecule has 12 heavy (non-hydrogen) atoms. The zero-order chi connectivity index (χ0) is 7.72. The number of nitrogens with zero attached hydrogens (tertiary/aromatic N) is 1. The van der Waals surface area contributed by atoms with Gasteiger partial charge in [0, 0.05) is 18.6 Å². The van der Waals surface area contributed by atoms with Crippen LogP contribution in [0, 0.1) is 5.92 Å². The number of likely N-dealkylation sites (tertiary alicyclic amines) is 1. The Morgan fingerprint density at radius 2 is 1.75 bits per heavy atom. The average molecular weight is 215 g/mol. The van der Waals surface area contributed by atoms with E-state index in [4.69, 9.17) is 5.73 Å². The van der Waals surface area contributed by atoms with Crippen molar-refractivity contribution < 1.29 is 0 Å². The standard InChI is InChI=1S/C8H18N2.2ClH/c1-6-5-10(3)7(2)4-8(6)9;;/h6-8H,4-5,9H2,1-3H3;2*1H. The van der Waals surface area contributed by atoms with Crippen LogP contribution in [0.4, 0.5) is 0 Å². The Morgan fingerprint density at radius 1 is 1.25 bits per heavy atom. The van der Waals surface area contributed by atoms with Gasteiger partial charge >= 0.3 is 0 Å². The molecule has 1 aliphatic rings. The van der Waals surface area contributed by atoms with Crippen molar-refractivity contribution >= 4 is 24.8 Å². The van der Waals surface area contributed by atoms with E-state index in [0.29, 0.717) is 18.0 Å². The van der Waals surface area contributed by atoms with Gasteiger partial charge in [0.2, 0.25) is 0 Å². The molecule has 2 N–H and O–H groups in total. The molecule has 0 aromatic heterocycles. The lowest BCUT2D eigenvalue weighted by atomic mass is 9.91. The Hall–Kier alpha value is 0.500. The molecule has 3 unspecified atom stereocenters. The summed E-state index contributed by atoms with van der Waals surface area (Å²) in [5.41, 5.74) is 5.90. The van der Waals surface area contributed by atoms with Crippen molar-refractivity contribution in [3.63, 3.8) is 0 Å². The van der Waals surface area contributed by atoms with Gasteiger partial charge in [-0.3, -0.25) is 0 Å². The summed E-state index contributed by atoms with van der Waals surface area (Å²) in [6.45, 7) is 5.63. The highest BCUT2D eigenvalue weighted by molar-refractivity contribution is 5.85. The second kappa shape index (κ2) is 6.03. The molecule has 0 spiro atoms. The van der Waals surface area contributed by atoms with E-state index in [2.05, 4.69) is 25.8 Å². The Morgan fingerprint density at radius 3 is 2.17 bits per heavy atom. The highest BCUT2D eigenvalue weighted by atomic mass is 35.5. The molecule has 0 saturated carbocycles. The molecule has 0 aromatic rings. The Bertz CT molecular complexity index is 95.6. The third-order valence-electron chi connectivity index (χ3n) is 2.67. The molecule has 0 bridgehead atoms. The number of hydrogen-bond donors (Lipinski definition) is 1. The average Bonchev–Trinajstić information content (AvgIpc) is 1.84. The molecular formula is C8H20Cl2N2. The van der Waals surface area contributed by atoms with E-state index in [1.807, 2.05) is 0 Å². The van der Waals surface area contributed by atoms with E-state index in [9.17, 15) is 0 Å². The van der Waals surface area contributed by atoms with Crippen molar-refractivity contribution in [2.24, 2.45) is 11.7 Å². The molecule has 3 atom stereocenters. The van der Waals surface area contributed by atoms with E-state index in [1.54, 1.807) is 0 Å². The molecule has 1 fully saturated rings. The van der Waals surface area contributed by atoms with Crippen LogP contribution >= 0.6 is 24.8 Å². The quantitative estimate of drug-likeness (QED) is 0.663. The summed E-state index contributed by atoms with van der Waals surface area (Å²) in [6, 6.07) is 1.09. The van der Waals surface area contributed by atoms with E-state index in [-0.39, 0.29) is 24.8 Å². The Kier molecular flexibility index (Phi) is 7.54. The molecule has 0 amide bonds. The molecule has 2 nitrogen and oxygen atoms in total. The van der Waals surface area contributed by atoms with Crippen molar-refractivity contribution in [1.82, 2.24) is 4.90 Å². The number of hydrogen-bond acceptors (Lipinski definition) is 2. The highest BCUT2D eigenvalue weighted by Gasteiger charge is 2.25. The fourth-order valence-corrected chi connectivity index (χ4v) is 1.58. The third-order valence-corrected chi connectivity index (χ3v) is 2.67. The summed E-state index contributed by atoms with van der Waals surface area (Å²) in [5.74, 6) is 0.668. The lowest BCUT2D eigenvalue weighted by Gasteiger charge is -2.37. The first kappa shape index (κ1) is 15.0. The molecule has 0 aliphatic carbocycles. The first-order valence-corrected chi connectivity index (χ1v) is 4.07. The maximum atomic E-state index is 5.90. The lowest BCUT2D eigenvalue weighted by molar-refractivity contribution is 0.138. The van der Waals surface area contributed by atoms with Crippen LogP contribution < -0.4 is 5.73 Å². The summed E-state index contributed by atoms with van der Waals surface area (Å²) in [4.78, 5) is 2.38. The van der Waals surface area contributed by atoms with E-state index in [0.717, 1.165) is 13.0 Å². The van der Waals surface area contributed by atoms with E-state index in [1.165, 1.54) is 0 Å². The van der Waals surface area contributed by atoms with Gasteiger partial charge in [-0.25, -0.2) is 0 Å². The van der Waals surface area contributed by atoms with E-state index >= 15 is 0 Å². The van der Waals surface area contributed by atoms with Crippen LogP contribution in [0.3, 0.4) is 0 Å². The van der Waals surface area contributed by atoms with Crippen LogP contribution in [0.25, 0.3) is 0 Å². The number of rotatable bonds is 0. The number of halogens is 2. The van der Waals surface area contributed by atoms with Crippen molar-refractivity contribution in [3.05, 3.63) is 0 Å². The largest absolute Gasteiger partial charge is 0.327 e. The van der Waals surface area contributed by atoms with Crippen molar-refractivity contribution in [1.29, 1.82) is 0 Å². The van der Waals surface area contributed by atoms with Crippen LogP contribution in [-0.4, -0.2) is 30.6 Å². The maximum absolute atomic E-state index is 5.90. The van der Waals surface area contributed by atoms with Crippen LogP contribution in [0.5, 0.6) is 0 Å². The van der Waals surface area contributed by atoms with Gasteiger partial charge in [-0.2, -0.15) is 0 Å². The Labute approximate surface area is 87.7 Å². The molecule has 1 heterocycles. The van der Waals surface area contributed by atoms with Gasteiger partial charge in [-0.05, 0) is 26.3 Å². The SMILES string of the molecule is CC1CN(C)C(C)CC1N.Cl.Cl. The molecule has 0 aromatic carbocycles. The number of nitrogens with two attached hydrogens (primary N) is 1. The summed E-state index contributed by atoms with van der Waals surface area (Å²) in [6.07, 6.45) is 1.15.